The number of nitriles is 1. The molecule has 3 N–H and O–H groups in total. The van der Waals surface area contributed by atoms with E-state index in [4.69, 9.17) is 0 Å². The number of aliphatic hydroxyl groups excluding tert-OH is 1. The fourth-order valence-electron chi connectivity index (χ4n) is 5.81. The van der Waals surface area contributed by atoms with E-state index in [-0.39, 0.29) is 29.9 Å². The third-order valence-corrected chi connectivity index (χ3v) is 7.95. The number of amides is 1. The van der Waals surface area contributed by atoms with Crippen molar-refractivity contribution in [3.63, 3.8) is 0 Å². The van der Waals surface area contributed by atoms with Gasteiger partial charge in [-0.05, 0) is 87.6 Å². The molecular formula is C30H34N6O3. The Morgan fingerprint density at radius 3 is 2.69 bits per heavy atom. The molecule has 202 valence electrons. The molecule has 0 bridgehead atoms. The molecule has 39 heavy (non-hydrogen) atoms. The smallest absolute Gasteiger partial charge is 0.255 e. The molecule has 2 saturated carbocycles. The molecule has 3 aromatic heterocycles. The van der Waals surface area contributed by atoms with Crippen molar-refractivity contribution in [2.75, 3.05) is 5.32 Å². The van der Waals surface area contributed by atoms with E-state index in [2.05, 4.69) is 33.4 Å². The number of carbonyl (C=O) groups excluding carboxylic acids is 2. The van der Waals surface area contributed by atoms with Crippen LogP contribution in [0.1, 0.15) is 73.7 Å². The molecule has 2 atom stereocenters. The van der Waals surface area contributed by atoms with E-state index in [0.29, 0.717) is 41.3 Å². The second-order valence-electron chi connectivity index (χ2n) is 10.8. The van der Waals surface area contributed by atoms with Gasteiger partial charge in [-0.3, -0.25) is 14.6 Å². The largest absolute Gasteiger partial charge is 0.393 e. The van der Waals surface area contributed by atoms with Crippen LogP contribution in [0.2, 0.25) is 0 Å². The van der Waals surface area contributed by atoms with E-state index in [1.807, 2.05) is 18.2 Å². The molecule has 0 radical (unpaired) electrons. The highest BCUT2D eigenvalue weighted by Gasteiger charge is 2.26. The SMILES string of the molecule is C=CC(=O)CC1CCC(NC(=O)c2cnc(-c3ccc4cc(C#N)cnn34)cc2NC2CCCC(O)C2)CC1. The van der Waals surface area contributed by atoms with Crippen molar-refractivity contribution in [1.82, 2.24) is 19.9 Å². The summed E-state index contributed by atoms with van der Waals surface area (Å²) >= 11 is 0. The Labute approximate surface area is 227 Å². The van der Waals surface area contributed by atoms with Crippen molar-refractivity contribution in [3.05, 3.63) is 60.4 Å². The maximum Gasteiger partial charge on any atom is 0.255 e. The topological polar surface area (TPSA) is 132 Å². The van der Waals surface area contributed by atoms with Crippen LogP contribution in [-0.4, -0.2) is 49.6 Å². The minimum atomic E-state index is -0.355. The maximum absolute atomic E-state index is 13.5. The van der Waals surface area contributed by atoms with Gasteiger partial charge in [-0.15, -0.1) is 0 Å². The molecule has 0 spiro atoms. The van der Waals surface area contributed by atoms with Crippen LogP contribution >= 0.6 is 0 Å². The van der Waals surface area contributed by atoms with Crippen molar-refractivity contribution >= 4 is 22.9 Å². The van der Waals surface area contributed by atoms with Crippen LogP contribution in [-0.2, 0) is 4.79 Å². The zero-order chi connectivity index (χ0) is 27.4. The summed E-state index contributed by atoms with van der Waals surface area (Å²) < 4.78 is 1.73. The summed E-state index contributed by atoms with van der Waals surface area (Å²) in [6.07, 6.45) is 11.4. The highest BCUT2D eigenvalue weighted by atomic mass is 16.3. The molecule has 5 rings (SSSR count). The van der Waals surface area contributed by atoms with Gasteiger partial charge in [-0.1, -0.05) is 6.58 Å². The van der Waals surface area contributed by atoms with E-state index in [9.17, 15) is 20.0 Å². The number of aromatic nitrogens is 3. The molecule has 2 aliphatic rings. The zero-order valence-corrected chi connectivity index (χ0v) is 22.0. The van der Waals surface area contributed by atoms with Crippen molar-refractivity contribution < 1.29 is 14.7 Å². The quantitative estimate of drug-likeness (QED) is 0.370. The molecule has 1 amide bonds. The van der Waals surface area contributed by atoms with E-state index >= 15 is 0 Å². The number of nitrogens with one attached hydrogen (secondary N) is 2. The summed E-state index contributed by atoms with van der Waals surface area (Å²) in [5.41, 5.74) is 3.79. The number of ketones is 1. The first-order valence-electron chi connectivity index (χ1n) is 13.7. The van der Waals surface area contributed by atoms with Gasteiger partial charge in [-0.2, -0.15) is 10.4 Å². The second-order valence-corrected chi connectivity index (χ2v) is 10.8. The number of carbonyl (C=O) groups is 2. The summed E-state index contributed by atoms with van der Waals surface area (Å²) in [6.45, 7) is 3.56. The van der Waals surface area contributed by atoms with E-state index in [1.165, 1.54) is 12.3 Å². The molecule has 2 fully saturated rings. The number of anilines is 1. The van der Waals surface area contributed by atoms with Crippen LogP contribution in [0.4, 0.5) is 5.69 Å². The molecular weight excluding hydrogens is 492 g/mol. The van der Waals surface area contributed by atoms with Gasteiger partial charge in [0.25, 0.3) is 5.91 Å². The number of nitrogens with zero attached hydrogens (tertiary/aromatic N) is 4. The monoisotopic (exact) mass is 526 g/mol. The van der Waals surface area contributed by atoms with Gasteiger partial charge < -0.3 is 15.7 Å². The lowest BCUT2D eigenvalue weighted by Crippen LogP contribution is -2.38. The molecule has 0 aliphatic heterocycles. The first kappa shape index (κ1) is 26.6. The Hall–Kier alpha value is -4.03. The zero-order valence-electron chi connectivity index (χ0n) is 22.0. The Kier molecular flexibility index (Phi) is 8.03. The van der Waals surface area contributed by atoms with Gasteiger partial charge >= 0.3 is 0 Å². The van der Waals surface area contributed by atoms with Crippen LogP contribution in [0, 0.1) is 17.2 Å². The summed E-state index contributed by atoms with van der Waals surface area (Å²) in [4.78, 5) is 29.8. The average Bonchev–Trinajstić information content (AvgIpc) is 3.37. The third kappa shape index (κ3) is 6.18. The summed E-state index contributed by atoms with van der Waals surface area (Å²) in [6, 6.07) is 9.62. The van der Waals surface area contributed by atoms with Crippen LogP contribution in [0.5, 0.6) is 0 Å². The van der Waals surface area contributed by atoms with Crippen molar-refractivity contribution in [1.29, 1.82) is 5.26 Å². The molecule has 3 heterocycles. The highest BCUT2D eigenvalue weighted by molar-refractivity contribution is 6.00. The molecule has 9 nitrogen and oxygen atoms in total. The summed E-state index contributed by atoms with van der Waals surface area (Å²) in [5.74, 6) is 0.235. The van der Waals surface area contributed by atoms with Crippen LogP contribution in [0.25, 0.3) is 16.9 Å². The Morgan fingerprint density at radius 1 is 1.13 bits per heavy atom. The van der Waals surface area contributed by atoms with E-state index < -0.39 is 0 Å². The third-order valence-electron chi connectivity index (χ3n) is 7.95. The highest BCUT2D eigenvalue weighted by Crippen LogP contribution is 2.30. The van der Waals surface area contributed by atoms with Gasteiger partial charge in [0.2, 0.25) is 0 Å². The molecule has 9 heteroatoms. The number of pyridine rings is 1. The minimum Gasteiger partial charge on any atom is -0.393 e. The number of rotatable bonds is 8. The Balaban J connectivity index is 1.37. The normalized spacial score (nSPS) is 23.1. The maximum atomic E-state index is 13.5. The fourth-order valence-corrected chi connectivity index (χ4v) is 5.81. The van der Waals surface area contributed by atoms with E-state index in [1.54, 1.807) is 16.8 Å². The first-order valence-corrected chi connectivity index (χ1v) is 13.7. The van der Waals surface area contributed by atoms with Gasteiger partial charge in [-0.25, -0.2) is 4.52 Å². The molecule has 2 aliphatic carbocycles. The number of hydrogen-bond acceptors (Lipinski definition) is 7. The van der Waals surface area contributed by atoms with Crippen molar-refractivity contribution in [2.45, 2.75) is 76.0 Å². The predicted octanol–water partition coefficient (Wildman–Crippen LogP) is 4.42. The predicted molar refractivity (Wildman–Crippen MR) is 148 cm³/mol. The Bertz CT molecular complexity index is 1420. The average molecular weight is 527 g/mol. The molecule has 2 unspecified atom stereocenters. The molecule has 0 saturated heterocycles. The van der Waals surface area contributed by atoms with Gasteiger partial charge in [0.15, 0.2) is 5.78 Å². The van der Waals surface area contributed by atoms with Gasteiger partial charge in [0.1, 0.15) is 6.07 Å². The fraction of sp³-hybridized carbons (Fsp3) is 0.433. The van der Waals surface area contributed by atoms with Crippen LogP contribution in [0.3, 0.4) is 0 Å². The second kappa shape index (κ2) is 11.8. The molecule has 0 aromatic carbocycles. The lowest BCUT2D eigenvalue weighted by atomic mass is 9.83. The number of aliphatic hydroxyl groups is 1. The number of hydrogen-bond donors (Lipinski definition) is 3. The standard InChI is InChI=1S/C30H34N6O3/c1-2-24(37)13-19-6-8-21(9-7-19)35-30(39)26-18-32-28(15-27(26)34-22-4-3-5-25(38)14-22)29-11-10-23-12-20(16-31)17-33-36(23)29/h2,10-12,15,17-19,21-22,25,38H,1,3-9,13-14H2,(H,32,34)(H,35,39). The lowest BCUT2D eigenvalue weighted by molar-refractivity contribution is -0.115. The first-order chi connectivity index (χ1) is 18.9. The van der Waals surface area contributed by atoms with Crippen LogP contribution in [0.15, 0.2) is 49.3 Å². The number of allylic oxidation sites excluding steroid dienone is 1. The molecule has 3 aromatic rings. The van der Waals surface area contributed by atoms with Gasteiger partial charge in [0, 0.05) is 24.7 Å². The van der Waals surface area contributed by atoms with E-state index in [0.717, 1.165) is 56.2 Å². The summed E-state index contributed by atoms with van der Waals surface area (Å²) in [5, 5.41) is 30.5. The minimum absolute atomic E-state index is 0.0460. The number of fused-ring (bicyclic) bond motifs is 1. The Morgan fingerprint density at radius 2 is 1.95 bits per heavy atom. The van der Waals surface area contributed by atoms with Crippen molar-refractivity contribution in [3.8, 4) is 17.5 Å². The van der Waals surface area contributed by atoms with Crippen molar-refractivity contribution in [2.24, 2.45) is 5.92 Å². The van der Waals surface area contributed by atoms with Crippen LogP contribution < -0.4 is 10.6 Å². The lowest BCUT2D eigenvalue weighted by Gasteiger charge is -2.30. The van der Waals surface area contributed by atoms with Gasteiger partial charge in [0.05, 0.1) is 46.0 Å². The summed E-state index contributed by atoms with van der Waals surface area (Å²) in [7, 11) is 0.